The lowest BCUT2D eigenvalue weighted by Gasteiger charge is -2.21. The molecule has 0 spiro atoms. The predicted molar refractivity (Wildman–Crippen MR) is 108 cm³/mol. The molecule has 1 atom stereocenters. The number of anilines is 1. The van der Waals surface area contributed by atoms with Gasteiger partial charge in [0.15, 0.2) is 0 Å². The minimum atomic E-state index is -3.88. The Labute approximate surface area is 168 Å². The Morgan fingerprint density at radius 2 is 1.90 bits per heavy atom. The maximum absolute atomic E-state index is 13.6. The molecule has 0 bridgehead atoms. The molecule has 0 aliphatic rings. The fourth-order valence-corrected chi connectivity index (χ4v) is 3.66. The molecular weight excluding hydrogens is 397 g/mol. The van der Waals surface area contributed by atoms with E-state index in [-0.39, 0.29) is 22.3 Å². The van der Waals surface area contributed by atoms with E-state index in [0.717, 1.165) is 5.56 Å². The van der Waals surface area contributed by atoms with Crippen LogP contribution >= 0.6 is 0 Å². The number of carbonyl (C=O) groups excluding carboxylic acids is 1. The van der Waals surface area contributed by atoms with Gasteiger partial charge in [0.1, 0.15) is 17.2 Å². The van der Waals surface area contributed by atoms with Gasteiger partial charge in [-0.1, -0.05) is 19.9 Å². The summed E-state index contributed by atoms with van der Waals surface area (Å²) in [5.41, 5.74) is 1.56. The van der Waals surface area contributed by atoms with Gasteiger partial charge in [0, 0.05) is 16.6 Å². The molecule has 0 aliphatic carbocycles. The number of halogens is 1. The molecule has 0 aliphatic heterocycles. The number of sulfonamides is 1. The van der Waals surface area contributed by atoms with Crippen LogP contribution in [0, 0.1) is 18.7 Å². The maximum atomic E-state index is 13.6. The molecule has 29 heavy (non-hydrogen) atoms. The minimum Gasteiger partial charge on any atom is -0.459 e. The zero-order valence-electron chi connectivity index (χ0n) is 16.2. The van der Waals surface area contributed by atoms with E-state index in [1.165, 1.54) is 30.3 Å². The molecule has 0 saturated heterocycles. The lowest BCUT2D eigenvalue weighted by molar-refractivity contribution is 0.241. The van der Waals surface area contributed by atoms with Crippen molar-refractivity contribution in [3.8, 4) is 0 Å². The second-order valence-corrected chi connectivity index (χ2v) is 8.69. The van der Waals surface area contributed by atoms with E-state index in [4.69, 9.17) is 9.56 Å². The molecule has 0 saturated carbocycles. The highest BCUT2D eigenvalue weighted by Crippen LogP contribution is 2.33. The van der Waals surface area contributed by atoms with E-state index in [9.17, 15) is 17.6 Å². The number of benzene rings is 2. The van der Waals surface area contributed by atoms with Crippen molar-refractivity contribution >= 4 is 32.7 Å². The van der Waals surface area contributed by atoms with Gasteiger partial charge in [-0.3, -0.25) is 0 Å². The van der Waals surface area contributed by atoms with Crippen LogP contribution in [0.1, 0.15) is 31.2 Å². The number of carbonyl (C=O) groups is 1. The highest BCUT2D eigenvalue weighted by molar-refractivity contribution is 7.89. The number of aryl methyl sites for hydroxylation is 1. The van der Waals surface area contributed by atoms with Crippen molar-refractivity contribution in [3.63, 3.8) is 0 Å². The number of nitrogens with one attached hydrogen (secondary N) is 2. The Kier molecular flexibility index (Phi) is 5.63. The second-order valence-electron chi connectivity index (χ2n) is 7.12. The van der Waals surface area contributed by atoms with Crippen molar-refractivity contribution < 1.29 is 22.0 Å². The number of primary sulfonamides is 1. The molecule has 0 radical (unpaired) electrons. The van der Waals surface area contributed by atoms with Crippen LogP contribution in [0.5, 0.6) is 0 Å². The molecule has 0 fully saturated rings. The van der Waals surface area contributed by atoms with E-state index in [1.54, 1.807) is 12.1 Å². The summed E-state index contributed by atoms with van der Waals surface area (Å²) in [4.78, 5) is 12.4. The van der Waals surface area contributed by atoms with Crippen LogP contribution in [0.25, 0.3) is 11.0 Å². The van der Waals surface area contributed by atoms with Gasteiger partial charge in [-0.2, -0.15) is 0 Å². The normalized spacial score (nSPS) is 12.9. The summed E-state index contributed by atoms with van der Waals surface area (Å²) in [6.07, 6.45) is 0. The number of urea groups is 1. The number of amides is 2. The second kappa shape index (κ2) is 7.84. The van der Waals surface area contributed by atoms with Crippen LogP contribution in [0.2, 0.25) is 0 Å². The van der Waals surface area contributed by atoms with Crippen molar-refractivity contribution in [2.24, 2.45) is 11.1 Å². The van der Waals surface area contributed by atoms with Gasteiger partial charge >= 0.3 is 6.03 Å². The average molecular weight is 419 g/mol. The molecule has 0 unspecified atom stereocenters. The summed E-state index contributed by atoms with van der Waals surface area (Å²) >= 11 is 0. The molecule has 3 aromatic rings. The first kappa shape index (κ1) is 20.8. The van der Waals surface area contributed by atoms with Crippen molar-refractivity contribution in [2.75, 3.05) is 5.32 Å². The van der Waals surface area contributed by atoms with E-state index < -0.39 is 22.1 Å². The first-order valence-corrected chi connectivity index (χ1v) is 10.5. The van der Waals surface area contributed by atoms with Gasteiger partial charge in [-0.15, -0.1) is 0 Å². The van der Waals surface area contributed by atoms with Crippen molar-refractivity contribution in [1.82, 2.24) is 5.32 Å². The highest BCUT2D eigenvalue weighted by Gasteiger charge is 2.25. The summed E-state index contributed by atoms with van der Waals surface area (Å²) in [6.45, 7) is 5.64. The summed E-state index contributed by atoms with van der Waals surface area (Å²) in [5, 5.41) is 11.2. The number of furan rings is 1. The van der Waals surface area contributed by atoms with E-state index in [2.05, 4.69) is 10.6 Å². The van der Waals surface area contributed by atoms with Gasteiger partial charge in [0.05, 0.1) is 10.9 Å². The van der Waals surface area contributed by atoms with Gasteiger partial charge in [0.25, 0.3) is 0 Å². The van der Waals surface area contributed by atoms with E-state index in [0.29, 0.717) is 16.7 Å². The predicted octanol–water partition coefficient (Wildman–Crippen LogP) is 4.05. The quantitative estimate of drug-likeness (QED) is 0.579. The smallest absolute Gasteiger partial charge is 0.319 e. The third kappa shape index (κ3) is 4.57. The van der Waals surface area contributed by atoms with Gasteiger partial charge in [0.2, 0.25) is 10.0 Å². The van der Waals surface area contributed by atoms with Crippen LogP contribution in [-0.2, 0) is 10.0 Å². The molecule has 2 aromatic carbocycles. The lowest BCUT2D eigenvalue weighted by atomic mass is 9.98. The Morgan fingerprint density at radius 3 is 2.55 bits per heavy atom. The van der Waals surface area contributed by atoms with Gasteiger partial charge in [-0.25, -0.2) is 22.7 Å². The van der Waals surface area contributed by atoms with Crippen LogP contribution in [0.15, 0.2) is 51.8 Å². The first-order chi connectivity index (χ1) is 13.6. The Bertz CT molecular complexity index is 1170. The van der Waals surface area contributed by atoms with Crippen LogP contribution < -0.4 is 15.8 Å². The van der Waals surface area contributed by atoms with Gasteiger partial charge < -0.3 is 15.1 Å². The largest absolute Gasteiger partial charge is 0.459 e. The Balaban J connectivity index is 1.85. The minimum absolute atomic E-state index is 0.0272. The molecule has 7 nitrogen and oxygen atoms in total. The summed E-state index contributed by atoms with van der Waals surface area (Å²) in [6, 6.07) is 8.89. The van der Waals surface area contributed by atoms with Gasteiger partial charge in [-0.05, 0) is 49.2 Å². The molecule has 3 rings (SSSR count). The molecule has 154 valence electrons. The zero-order chi connectivity index (χ0) is 21.3. The van der Waals surface area contributed by atoms with Crippen molar-refractivity contribution in [2.45, 2.75) is 31.7 Å². The van der Waals surface area contributed by atoms with Crippen LogP contribution in [0.3, 0.4) is 0 Å². The zero-order valence-corrected chi connectivity index (χ0v) is 17.0. The van der Waals surface area contributed by atoms with Crippen LogP contribution in [0.4, 0.5) is 14.9 Å². The topological polar surface area (TPSA) is 114 Å². The van der Waals surface area contributed by atoms with Crippen molar-refractivity contribution in [1.29, 1.82) is 0 Å². The molecular formula is C20H22FN3O4S. The Hall–Kier alpha value is -2.91. The Morgan fingerprint density at radius 1 is 1.17 bits per heavy atom. The third-order valence-electron chi connectivity index (χ3n) is 4.59. The van der Waals surface area contributed by atoms with Crippen LogP contribution in [-0.4, -0.2) is 14.4 Å². The third-order valence-corrected chi connectivity index (χ3v) is 5.50. The fourth-order valence-electron chi connectivity index (χ4n) is 3.10. The number of hydrogen-bond acceptors (Lipinski definition) is 4. The maximum Gasteiger partial charge on any atom is 0.319 e. The fraction of sp³-hybridized carbons (Fsp3) is 0.250. The number of rotatable bonds is 5. The monoisotopic (exact) mass is 419 g/mol. The summed E-state index contributed by atoms with van der Waals surface area (Å²) < 4.78 is 42.4. The summed E-state index contributed by atoms with van der Waals surface area (Å²) in [5.74, 6) is 0.143. The number of fused-ring (bicyclic) bond motifs is 1. The number of hydrogen-bond donors (Lipinski definition) is 3. The lowest BCUT2D eigenvalue weighted by Crippen LogP contribution is -2.35. The first-order valence-electron chi connectivity index (χ1n) is 8.95. The SMILES string of the molecule is Cc1c([C@H](NC(=O)Nc2cccc(S(N)(=O)=O)c2)C(C)C)oc2ccc(F)cc12. The van der Waals surface area contributed by atoms with Crippen molar-refractivity contribution in [3.05, 3.63) is 59.6 Å². The highest BCUT2D eigenvalue weighted by atomic mass is 32.2. The molecule has 9 heteroatoms. The standard InChI is InChI=1S/C20H22FN3O4S/c1-11(2)18(19-12(3)16-9-13(21)7-8-17(16)28-19)24-20(25)23-14-5-4-6-15(10-14)29(22,26)27/h4-11,18H,1-3H3,(H2,22,26,27)(H2,23,24,25)/t18-/m1/s1. The average Bonchev–Trinajstić information content (AvgIpc) is 2.95. The summed E-state index contributed by atoms with van der Waals surface area (Å²) in [7, 11) is -3.88. The van der Waals surface area contributed by atoms with E-state index >= 15 is 0 Å². The molecule has 1 aromatic heterocycles. The molecule has 2 amide bonds. The number of nitrogens with two attached hydrogens (primary N) is 1. The van der Waals surface area contributed by atoms with E-state index in [1.807, 2.05) is 20.8 Å². The molecule has 4 N–H and O–H groups in total. The molecule has 1 heterocycles.